The van der Waals surface area contributed by atoms with Gasteiger partial charge in [-0.05, 0) is 55.6 Å². The van der Waals surface area contributed by atoms with Gasteiger partial charge in [-0.15, -0.1) is 11.8 Å². The molecule has 0 heterocycles. The molecule has 8 heteroatoms. The number of hydrogen-bond donors (Lipinski definition) is 2. The third-order valence-corrected chi connectivity index (χ3v) is 5.47. The number of amides is 1. The summed E-state index contributed by atoms with van der Waals surface area (Å²) in [5.41, 5.74) is 0.583. The smallest absolute Gasteiger partial charge is 0.242 e. The molecule has 0 saturated carbocycles. The van der Waals surface area contributed by atoms with Crippen molar-refractivity contribution in [2.45, 2.75) is 22.8 Å². The van der Waals surface area contributed by atoms with Crippen LogP contribution in [0.4, 0.5) is 10.1 Å². The highest BCUT2D eigenvalue weighted by molar-refractivity contribution is 7.98. The Hall–Kier alpha value is -1.90. The average Bonchev–Trinajstić information content (AvgIpc) is 2.55. The number of carbonyl (C=O) groups excluding carboxylic acids is 1. The minimum atomic E-state index is -3.91. The second-order valence-electron chi connectivity index (χ2n) is 5.02. The summed E-state index contributed by atoms with van der Waals surface area (Å²) in [4.78, 5) is 13.0. The van der Waals surface area contributed by atoms with E-state index in [-0.39, 0.29) is 4.90 Å². The Morgan fingerprint density at radius 3 is 2.46 bits per heavy atom. The van der Waals surface area contributed by atoms with Crippen LogP contribution in [0.5, 0.6) is 0 Å². The summed E-state index contributed by atoms with van der Waals surface area (Å²) in [6.45, 7) is 1.44. The van der Waals surface area contributed by atoms with Gasteiger partial charge in [-0.25, -0.2) is 12.8 Å². The summed E-state index contributed by atoms with van der Waals surface area (Å²) in [6.07, 6.45) is 1.92. The molecule has 2 N–H and O–H groups in total. The zero-order valence-corrected chi connectivity index (χ0v) is 14.7. The standard InChI is InChI=1S/C16H17FN2O3S2/c1-11(16(20)18-13-4-3-5-14(10-13)23-2)19-24(21,22)15-8-6-12(17)7-9-15/h3-11,19H,1-2H3,(H,18,20)/t11-/m0/s1. The van der Waals surface area contributed by atoms with E-state index in [4.69, 9.17) is 0 Å². The first kappa shape index (κ1) is 18.4. The van der Waals surface area contributed by atoms with E-state index in [1.54, 1.807) is 18.2 Å². The summed E-state index contributed by atoms with van der Waals surface area (Å²) in [5.74, 6) is -1.02. The third kappa shape index (κ3) is 4.80. The molecule has 2 aromatic carbocycles. The van der Waals surface area contributed by atoms with Gasteiger partial charge in [-0.1, -0.05) is 6.07 Å². The largest absolute Gasteiger partial charge is 0.325 e. The van der Waals surface area contributed by atoms with Gasteiger partial charge in [0, 0.05) is 10.6 Å². The SMILES string of the molecule is CSc1cccc(NC(=O)[C@H](C)NS(=O)(=O)c2ccc(F)cc2)c1. The molecule has 0 aliphatic carbocycles. The molecule has 0 aliphatic heterocycles. The summed E-state index contributed by atoms with van der Waals surface area (Å²) in [5, 5.41) is 2.66. The van der Waals surface area contributed by atoms with Gasteiger partial charge in [0.25, 0.3) is 0 Å². The number of thioether (sulfide) groups is 1. The Kier molecular flexibility index (Phi) is 5.98. The van der Waals surface area contributed by atoms with E-state index >= 15 is 0 Å². The van der Waals surface area contributed by atoms with Crippen molar-refractivity contribution in [3.63, 3.8) is 0 Å². The van der Waals surface area contributed by atoms with Crippen LogP contribution in [0.2, 0.25) is 0 Å². The molecule has 2 aromatic rings. The number of sulfonamides is 1. The number of rotatable bonds is 6. The lowest BCUT2D eigenvalue weighted by Crippen LogP contribution is -2.41. The number of nitrogens with one attached hydrogen (secondary N) is 2. The minimum Gasteiger partial charge on any atom is -0.325 e. The fourth-order valence-electron chi connectivity index (χ4n) is 1.92. The van der Waals surface area contributed by atoms with Crippen LogP contribution in [0.1, 0.15) is 6.92 Å². The first-order valence-electron chi connectivity index (χ1n) is 7.04. The molecular weight excluding hydrogens is 351 g/mol. The van der Waals surface area contributed by atoms with Crippen LogP contribution in [-0.2, 0) is 14.8 Å². The van der Waals surface area contributed by atoms with E-state index in [9.17, 15) is 17.6 Å². The monoisotopic (exact) mass is 368 g/mol. The Morgan fingerprint density at radius 1 is 1.17 bits per heavy atom. The van der Waals surface area contributed by atoms with Crippen molar-refractivity contribution in [3.8, 4) is 0 Å². The van der Waals surface area contributed by atoms with Crippen LogP contribution in [0.15, 0.2) is 58.3 Å². The number of anilines is 1. The van der Waals surface area contributed by atoms with Crippen LogP contribution in [0, 0.1) is 5.82 Å². The highest BCUT2D eigenvalue weighted by Gasteiger charge is 2.22. The lowest BCUT2D eigenvalue weighted by Gasteiger charge is -2.15. The highest BCUT2D eigenvalue weighted by Crippen LogP contribution is 2.19. The molecule has 0 saturated heterocycles. The van der Waals surface area contributed by atoms with Gasteiger partial charge in [-0.3, -0.25) is 4.79 Å². The number of halogens is 1. The minimum absolute atomic E-state index is 0.104. The predicted molar refractivity (Wildman–Crippen MR) is 93.0 cm³/mol. The topological polar surface area (TPSA) is 75.3 Å². The zero-order valence-electron chi connectivity index (χ0n) is 13.1. The van der Waals surface area contributed by atoms with E-state index in [0.29, 0.717) is 5.69 Å². The van der Waals surface area contributed by atoms with Crippen LogP contribution < -0.4 is 10.0 Å². The molecule has 0 unspecified atom stereocenters. The molecule has 2 rings (SSSR count). The molecule has 0 aliphatic rings. The fourth-order valence-corrected chi connectivity index (χ4v) is 3.58. The Balaban J connectivity index is 2.06. The molecule has 5 nitrogen and oxygen atoms in total. The van der Waals surface area contributed by atoms with E-state index in [0.717, 1.165) is 29.2 Å². The van der Waals surface area contributed by atoms with Crippen molar-refractivity contribution >= 4 is 33.4 Å². The maximum atomic E-state index is 12.9. The molecule has 0 spiro atoms. The van der Waals surface area contributed by atoms with Crippen molar-refractivity contribution in [2.24, 2.45) is 0 Å². The molecule has 0 radical (unpaired) electrons. The predicted octanol–water partition coefficient (Wildman–Crippen LogP) is 2.85. The van der Waals surface area contributed by atoms with Crippen LogP contribution >= 0.6 is 11.8 Å². The molecular formula is C16H17FN2O3S2. The number of carbonyl (C=O) groups is 1. The molecule has 1 atom stereocenters. The van der Waals surface area contributed by atoms with Gasteiger partial charge >= 0.3 is 0 Å². The normalized spacial score (nSPS) is 12.6. The average molecular weight is 368 g/mol. The summed E-state index contributed by atoms with van der Waals surface area (Å²) in [6, 6.07) is 10.6. The van der Waals surface area contributed by atoms with Gasteiger partial charge in [0.15, 0.2) is 0 Å². The summed E-state index contributed by atoms with van der Waals surface area (Å²) >= 11 is 1.53. The Labute approximate surface area is 144 Å². The maximum Gasteiger partial charge on any atom is 0.242 e. The van der Waals surface area contributed by atoms with Crippen molar-refractivity contribution < 1.29 is 17.6 Å². The second-order valence-corrected chi connectivity index (χ2v) is 7.61. The van der Waals surface area contributed by atoms with Gasteiger partial charge in [-0.2, -0.15) is 4.72 Å². The second kappa shape index (κ2) is 7.78. The van der Waals surface area contributed by atoms with Crippen molar-refractivity contribution in [2.75, 3.05) is 11.6 Å². The molecule has 128 valence electrons. The molecule has 0 fully saturated rings. The van der Waals surface area contributed by atoms with E-state index < -0.39 is 27.8 Å². The highest BCUT2D eigenvalue weighted by atomic mass is 32.2. The van der Waals surface area contributed by atoms with Gasteiger partial charge < -0.3 is 5.32 Å². The maximum absolute atomic E-state index is 12.9. The first-order valence-corrected chi connectivity index (χ1v) is 9.75. The number of benzene rings is 2. The zero-order chi connectivity index (χ0) is 17.7. The van der Waals surface area contributed by atoms with E-state index in [1.165, 1.54) is 18.7 Å². The lowest BCUT2D eigenvalue weighted by molar-refractivity contribution is -0.117. The van der Waals surface area contributed by atoms with E-state index in [1.807, 2.05) is 12.3 Å². The number of hydrogen-bond acceptors (Lipinski definition) is 4. The van der Waals surface area contributed by atoms with Crippen LogP contribution in [0.25, 0.3) is 0 Å². The molecule has 24 heavy (non-hydrogen) atoms. The van der Waals surface area contributed by atoms with Gasteiger partial charge in [0.1, 0.15) is 5.82 Å². The molecule has 0 bridgehead atoms. The first-order chi connectivity index (χ1) is 11.3. The van der Waals surface area contributed by atoms with Gasteiger partial charge in [0.05, 0.1) is 10.9 Å². The molecule has 1 amide bonds. The van der Waals surface area contributed by atoms with Crippen molar-refractivity contribution in [1.29, 1.82) is 0 Å². The van der Waals surface area contributed by atoms with Crippen LogP contribution in [0.3, 0.4) is 0 Å². The third-order valence-electron chi connectivity index (χ3n) is 3.19. The molecule has 0 aromatic heterocycles. The van der Waals surface area contributed by atoms with Crippen molar-refractivity contribution in [3.05, 3.63) is 54.3 Å². The van der Waals surface area contributed by atoms with Gasteiger partial charge in [0.2, 0.25) is 15.9 Å². The van der Waals surface area contributed by atoms with E-state index in [2.05, 4.69) is 10.0 Å². The lowest BCUT2D eigenvalue weighted by atomic mass is 10.3. The Bertz CT molecular complexity index is 823. The van der Waals surface area contributed by atoms with Crippen molar-refractivity contribution in [1.82, 2.24) is 4.72 Å². The summed E-state index contributed by atoms with van der Waals surface area (Å²) < 4.78 is 39.6. The fraction of sp³-hybridized carbons (Fsp3) is 0.188. The summed E-state index contributed by atoms with van der Waals surface area (Å²) in [7, 11) is -3.91. The van der Waals surface area contributed by atoms with Crippen LogP contribution in [-0.4, -0.2) is 26.6 Å². The Morgan fingerprint density at radius 2 is 1.83 bits per heavy atom. The quantitative estimate of drug-likeness (QED) is 0.769.